The van der Waals surface area contributed by atoms with Gasteiger partial charge in [0.05, 0.1) is 5.57 Å². The molecule has 1 aliphatic rings. The van der Waals surface area contributed by atoms with Crippen molar-refractivity contribution in [2.24, 2.45) is 0 Å². The summed E-state index contributed by atoms with van der Waals surface area (Å²) < 4.78 is 0. The molecule has 0 amide bonds. The van der Waals surface area contributed by atoms with Gasteiger partial charge in [-0.05, 0) is 22.6 Å². The number of carbonyl (C=O) groups excluding carboxylic acids is 2. The minimum Gasteiger partial charge on any atom is -0.480 e. The molecule has 172 valence electrons. The van der Waals surface area contributed by atoms with Crippen LogP contribution in [0, 0.1) is 0 Å². The molecule has 0 spiro atoms. The smallest absolute Gasteiger partial charge is 0.326 e. The topological polar surface area (TPSA) is 74.7 Å². The highest BCUT2D eigenvalue weighted by atomic mass is 16.4. The van der Waals surface area contributed by atoms with Gasteiger partial charge in [0.15, 0.2) is 11.6 Å². The lowest BCUT2D eigenvalue weighted by Crippen LogP contribution is -2.40. The number of benzene rings is 3. The molecule has 0 aliphatic heterocycles. The Bertz CT molecular complexity index is 1150. The number of carboxylic acids is 1. The van der Waals surface area contributed by atoms with Gasteiger partial charge in [0.2, 0.25) is 0 Å². The molecular formula is C29H27NO4. The van der Waals surface area contributed by atoms with Crippen LogP contribution >= 0.6 is 0 Å². The summed E-state index contributed by atoms with van der Waals surface area (Å²) in [5.41, 5.74) is 2.83. The molecule has 0 heterocycles. The molecule has 3 aromatic rings. The number of ketones is 2. The van der Waals surface area contributed by atoms with Crippen molar-refractivity contribution in [2.45, 2.75) is 37.8 Å². The molecule has 1 fully saturated rings. The lowest BCUT2D eigenvalue weighted by Gasteiger charge is -2.30. The van der Waals surface area contributed by atoms with E-state index in [1.54, 1.807) is 4.90 Å². The highest BCUT2D eigenvalue weighted by Crippen LogP contribution is 2.32. The second kappa shape index (κ2) is 10.8. The predicted molar refractivity (Wildman–Crippen MR) is 130 cm³/mol. The minimum atomic E-state index is -1.01. The van der Waals surface area contributed by atoms with Crippen molar-refractivity contribution in [1.29, 1.82) is 0 Å². The van der Waals surface area contributed by atoms with Crippen LogP contribution in [0.1, 0.15) is 35.4 Å². The van der Waals surface area contributed by atoms with Crippen LogP contribution < -0.4 is 0 Å². The Morgan fingerprint density at radius 1 is 0.824 bits per heavy atom. The third-order valence-electron chi connectivity index (χ3n) is 6.20. The number of rotatable bonds is 8. The van der Waals surface area contributed by atoms with E-state index in [0.29, 0.717) is 0 Å². The Hall–Kier alpha value is -3.99. The molecule has 1 saturated carbocycles. The largest absolute Gasteiger partial charge is 0.480 e. The van der Waals surface area contributed by atoms with Crippen LogP contribution in [0.5, 0.6) is 0 Å². The molecular weight excluding hydrogens is 426 g/mol. The van der Waals surface area contributed by atoms with Gasteiger partial charge < -0.3 is 10.0 Å². The van der Waals surface area contributed by atoms with Gasteiger partial charge in [-0.3, -0.25) is 9.59 Å². The SMILES string of the molecule is O=C1CC(c2ccccc2)CC(=O)C1=CN(Cc1ccccc1)[C@@H](Cc1ccccc1)C(=O)O. The minimum absolute atomic E-state index is 0.0856. The molecule has 0 unspecified atom stereocenters. The second-order valence-corrected chi connectivity index (χ2v) is 8.61. The lowest BCUT2D eigenvalue weighted by atomic mass is 9.80. The number of carboxylic acid groups (broad SMARTS) is 1. The molecule has 3 aromatic carbocycles. The first-order valence-corrected chi connectivity index (χ1v) is 11.4. The Balaban J connectivity index is 1.64. The Morgan fingerprint density at radius 3 is 1.85 bits per heavy atom. The van der Waals surface area contributed by atoms with Crippen molar-refractivity contribution >= 4 is 17.5 Å². The van der Waals surface area contributed by atoms with E-state index in [1.807, 2.05) is 91.0 Å². The summed E-state index contributed by atoms with van der Waals surface area (Å²) in [6.45, 7) is 0.275. The van der Waals surface area contributed by atoms with Crippen LogP contribution in [0.4, 0.5) is 0 Å². The van der Waals surface area contributed by atoms with E-state index in [0.717, 1.165) is 16.7 Å². The molecule has 0 aromatic heterocycles. The van der Waals surface area contributed by atoms with Crippen LogP contribution in [-0.4, -0.2) is 33.6 Å². The normalized spacial score (nSPS) is 16.7. The predicted octanol–water partition coefficient (Wildman–Crippen LogP) is 4.78. The molecule has 0 radical (unpaired) electrons. The van der Waals surface area contributed by atoms with E-state index in [-0.39, 0.29) is 48.9 Å². The first-order chi connectivity index (χ1) is 16.5. The fourth-order valence-corrected chi connectivity index (χ4v) is 4.39. The number of hydrogen-bond donors (Lipinski definition) is 1. The standard InChI is InChI=1S/C29H27NO4/c31-27-17-24(23-14-8-3-9-15-23)18-28(32)25(27)20-30(19-22-12-6-2-7-13-22)26(29(33)34)16-21-10-4-1-5-11-21/h1-15,20,24,26H,16-19H2,(H,33,34)/t24?,26-/m0/s1. The number of aliphatic carboxylic acids is 1. The first-order valence-electron chi connectivity index (χ1n) is 11.4. The van der Waals surface area contributed by atoms with E-state index in [4.69, 9.17) is 0 Å². The van der Waals surface area contributed by atoms with E-state index in [2.05, 4.69) is 0 Å². The average Bonchev–Trinajstić information content (AvgIpc) is 2.85. The maximum atomic E-state index is 13.1. The van der Waals surface area contributed by atoms with Crippen molar-refractivity contribution in [1.82, 2.24) is 4.90 Å². The highest BCUT2D eigenvalue weighted by molar-refractivity contribution is 6.22. The van der Waals surface area contributed by atoms with Crippen LogP contribution in [0.2, 0.25) is 0 Å². The first kappa shape index (κ1) is 23.2. The number of allylic oxidation sites excluding steroid dienone is 1. The Kier molecular flexibility index (Phi) is 7.33. The van der Waals surface area contributed by atoms with Crippen molar-refractivity contribution in [3.63, 3.8) is 0 Å². The quantitative estimate of drug-likeness (QED) is 0.392. The summed E-state index contributed by atoms with van der Waals surface area (Å²) in [6.07, 6.45) is 2.21. The summed E-state index contributed by atoms with van der Waals surface area (Å²) in [5.74, 6) is -1.64. The zero-order valence-corrected chi connectivity index (χ0v) is 18.8. The zero-order chi connectivity index (χ0) is 23.9. The van der Waals surface area contributed by atoms with Crippen molar-refractivity contribution in [3.05, 3.63) is 119 Å². The molecule has 4 rings (SSSR count). The highest BCUT2D eigenvalue weighted by Gasteiger charge is 2.33. The maximum Gasteiger partial charge on any atom is 0.326 e. The number of carbonyl (C=O) groups is 3. The van der Waals surface area contributed by atoms with Gasteiger partial charge in [-0.15, -0.1) is 0 Å². The molecule has 0 saturated heterocycles. The molecule has 0 bridgehead atoms. The molecule has 34 heavy (non-hydrogen) atoms. The Labute approximate surface area is 199 Å². The van der Waals surface area contributed by atoms with Crippen molar-refractivity contribution in [2.75, 3.05) is 0 Å². The van der Waals surface area contributed by atoms with Gasteiger partial charge in [0.1, 0.15) is 6.04 Å². The maximum absolute atomic E-state index is 13.1. The summed E-state index contributed by atoms with van der Waals surface area (Å²) in [7, 11) is 0. The molecule has 5 nitrogen and oxygen atoms in total. The van der Waals surface area contributed by atoms with E-state index < -0.39 is 12.0 Å². The molecule has 1 N–H and O–H groups in total. The number of nitrogens with zero attached hydrogens (tertiary/aromatic N) is 1. The summed E-state index contributed by atoms with van der Waals surface area (Å²) in [5, 5.41) is 10.1. The monoisotopic (exact) mass is 453 g/mol. The third-order valence-corrected chi connectivity index (χ3v) is 6.20. The summed E-state index contributed by atoms with van der Waals surface area (Å²) in [4.78, 5) is 40.1. The van der Waals surface area contributed by atoms with Crippen molar-refractivity contribution in [3.8, 4) is 0 Å². The van der Waals surface area contributed by atoms with Crippen LogP contribution in [0.15, 0.2) is 103 Å². The van der Waals surface area contributed by atoms with E-state index >= 15 is 0 Å². The van der Waals surface area contributed by atoms with Crippen molar-refractivity contribution < 1.29 is 19.5 Å². The summed E-state index contributed by atoms with van der Waals surface area (Å²) in [6, 6.07) is 27.5. The van der Waals surface area contributed by atoms with Gasteiger partial charge in [-0.1, -0.05) is 91.0 Å². The van der Waals surface area contributed by atoms with E-state index in [9.17, 15) is 19.5 Å². The zero-order valence-electron chi connectivity index (χ0n) is 18.8. The van der Waals surface area contributed by atoms with E-state index in [1.165, 1.54) is 6.20 Å². The van der Waals surface area contributed by atoms with Gasteiger partial charge in [0.25, 0.3) is 0 Å². The Morgan fingerprint density at radius 2 is 1.32 bits per heavy atom. The van der Waals surface area contributed by atoms with Gasteiger partial charge in [-0.25, -0.2) is 4.79 Å². The fraction of sp³-hybridized carbons (Fsp3) is 0.207. The molecule has 1 aliphatic carbocycles. The fourth-order valence-electron chi connectivity index (χ4n) is 4.39. The third kappa shape index (κ3) is 5.67. The molecule has 1 atom stereocenters. The number of hydrogen-bond acceptors (Lipinski definition) is 4. The van der Waals surface area contributed by atoms with Gasteiger partial charge >= 0.3 is 5.97 Å². The number of Topliss-reactive ketones (excluding diaryl/α,β-unsaturated/α-hetero) is 2. The lowest BCUT2D eigenvalue weighted by molar-refractivity contribution is -0.142. The van der Waals surface area contributed by atoms with Gasteiger partial charge in [-0.2, -0.15) is 0 Å². The average molecular weight is 454 g/mol. The van der Waals surface area contributed by atoms with Crippen LogP contribution in [-0.2, 0) is 27.3 Å². The second-order valence-electron chi connectivity index (χ2n) is 8.61. The van der Waals surface area contributed by atoms with Crippen LogP contribution in [0.25, 0.3) is 0 Å². The van der Waals surface area contributed by atoms with Crippen LogP contribution in [0.3, 0.4) is 0 Å². The summed E-state index contributed by atoms with van der Waals surface area (Å²) >= 11 is 0. The molecule has 5 heteroatoms. The van der Waals surface area contributed by atoms with Gasteiger partial charge in [0, 0.05) is 32.0 Å².